The van der Waals surface area contributed by atoms with Gasteiger partial charge in [0, 0.05) is 44.5 Å². The molecule has 0 radical (unpaired) electrons. The van der Waals surface area contributed by atoms with Crippen molar-refractivity contribution in [3.8, 4) is 5.75 Å². The van der Waals surface area contributed by atoms with Gasteiger partial charge in [-0.05, 0) is 30.3 Å². The number of carbonyl (C=O) groups excluding carboxylic acids is 2. The van der Waals surface area contributed by atoms with Crippen LogP contribution in [0.15, 0.2) is 42.5 Å². The lowest BCUT2D eigenvalue weighted by Crippen LogP contribution is -2.28. The van der Waals surface area contributed by atoms with E-state index in [0.717, 1.165) is 6.07 Å². The fourth-order valence-electron chi connectivity index (χ4n) is 3.30. The molecule has 1 saturated heterocycles. The average molecular weight is 421 g/mol. The molecule has 0 bridgehead atoms. The Morgan fingerprint density at radius 3 is 2.57 bits per heavy atom. The van der Waals surface area contributed by atoms with Crippen LogP contribution in [0.5, 0.6) is 5.75 Å². The first kappa shape index (κ1) is 21.5. The van der Waals surface area contributed by atoms with E-state index in [1.165, 1.54) is 24.1 Å². The molecule has 1 aliphatic heterocycles. The van der Waals surface area contributed by atoms with Gasteiger partial charge in [-0.15, -0.1) is 0 Å². The highest BCUT2D eigenvalue weighted by atomic mass is 19.4. The molecule has 30 heavy (non-hydrogen) atoms. The summed E-state index contributed by atoms with van der Waals surface area (Å²) in [5.41, 5.74) is -0.331. The van der Waals surface area contributed by atoms with Crippen LogP contribution in [0, 0.1) is 5.92 Å². The lowest BCUT2D eigenvalue weighted by Gasteiger charge is -2.20. The van der Waals surface area contributed by atoms with Gasteiger partial charge < -0.3 is 19.9 Å². The average Bonchev–Trinajstić information content (AvgIpc) is 3.09. The summed E-state index contributed by atoms with van der Waals surface area (Å²) in [5.74, 6) is -1.11. The van der Waals surface area contributed by atoms with Crippen LogP contribution in [-0.2, 0) is 15.8 Å². The molecule has 1 fully saturated rings. The summed E-state index contributed by atoms with van der Waals surface area (Å²) in [7, 11) is 4.76. The van der Waals surface area contributed by atoms with Gasteiger partial charge >= 0.3 is 6.18 Å². The monoisotopic (exact) mass is 421 g/mol. The van der Waals surface area contributed by atoms with Crippen LogP contribution in [0.1, 0.15) is 12.0 Å². The Hall–Kier alpha value is -3.23. The number of halogens is 3. The van der Waals surface area contributed by atoms with Gasteiger partial charge in [-0.3, -0.25) is 9.59 Å². The Balaban J connectivity index is 1.79. The van der Waals surface area contributed by atoms with E-state index >= 15 is 0 Å². The molecule has 6 nitrogen and oxygen atoms in total. The number of hydrogen-bond donors (Lipinski definition) is 1. The van der Waals surface area contributed by atoms with Crippen LogP contribution in [0.4, 0.5) is 30.2 Å². The predicted molar refractivity (Wildman–Crippen MR) is 108 cm³/mol. The van der Waals surface area contributed by atoms with E-state index < -0.39 is 23.6 Å². The summed E-state index contributed by atoms with van der Waals surface area (Å²) in [6, 6.07) is 10.5. The molecule has 0 spiro atoms. The molecule has 0 aromatic heterocycles. The summed E-state index contributed by atoms with van der Waals surface area (Å²) in [6.45, 7) is 0.0783. The van der Waals surface area contributed by atoms with Crippen LogP contribution < -0.4 is 19.9 Å². The van der Waals surface area contributed by atoms with E-state index in [1.54, 1.807) is 43.3 Å². The number of hydrogen-bond acceptors (Lipinski definition) is 4. The van der Waals surface area contributed by atoms with Crippen molar-refractivity contribution in [3.05, 3.63) is 48.0 Å². The Kier molecular flexibility index (Phi) is 5.91. The number of methoxy groups -OCH3 is 1. The van der Waals surface area contributed by atoms with Crippen LogP contribution in [-0.4, -0.2) is 39.6 Å². The Morgan fingerprint density at radius 2 is 1.93 bits per heavy atom. The van der Waals surface area contributed by atoms with Gasteiger partial charge in [0.05, 0.1) is 24.3 Å². The topological polar surface area (TPSA) is 61.9 Å². The number of benzene rings is 2. The van der Waals surface area contributed by atoms with Gasteiger partial charge in [-0.1, -0.05) is 6.07 Å². The molecule has 0 aliphatic carbocycles. The third kappa shape index (κ3) is 4.50. The predicted octanol–water partition coefficient (Wildman–Crippen LogP) is 3.77. The molecule has 1 unspecified atom stereocenters. The normalized spacial score (nSPS) is 16.5. The second-order valence-corrected chi connectivity index (χ2v) is 7.22. The molecule has 9 heteroatoms. The fraction of sp³-hybridized carbons (Fsp3) is 0.333. The Morgan fingerprint density at radius 1 is 1.20 bits per heavy atom. The summed E-state index contributed by atoms with van der Waals surface area (Å²) >= 11 is 0. The maximum absolute atomic E-state index is 13.5. The maximum Gasteiger partial charge on any atom is 0.418 e. The van der Waals surface area contributed by atoms with E-state index in [9.17, 15) is 22.8 Å². The number of nitrogens with one attached hydrogen (secondary N) is 1. The van der Waals surface area contributed by atoms with Crippen LogP contribution in [0.3, 0.4) is 0 Å². The minimum atomic E-state index is -4.63. The number of carbonyl (C=O) groups is 2. The third-order valence-corrected chi connectivity index (χ3v) is 4.94. The quantitative estimate of drug-likeness (QED) is 0.799. The summed E-state index contributed by atoms with van der Waals surface area (Å²) in [6.07, 6.45) is -4.72. The van der Waals surface area contributed by atoms with Crippen LogP contribution in [0.2, 0.25) is 0 Å². The molecule has 1 N–H and O–H groups in total. The molecule has 1 heterocycles. The summed E-state index contributed by atoms with van der Waals surface area (Å²) in [5, 5.41) is 2.36. The number of amides is 2. The first-order chi connectivity index (χ1) is 14.1. The van der Waals surface area contributed by atoms with Crippen molar-refractivity contribution in [2.24, 2.45) is 5.92 Å². The highest BCUT2D eigenvalue weighted by Gasteiger charge is 2.38. The van der Waals surface area contributed by atoms with Crippen LogP contribution in [0.25, 0.3) is 0 Å². The number of alkyl halides is 3. The molecular weight excluding hydrogens is 399 g/mol. The largest absolute Gasteiger partial charge is 0.497 e. The van der Waals surface area contributed by atoms with Crippen molar-refractivity contribution in [3.63, 3.8) is 0 Å². The van der Waals surface area contributed by atoms with Gasteiger partial charge in [0.25, 0.3) is 0 Å². The van der Waals surface area contributed by atoms with E-state index in [-0.39, 0.29) is 24.6 Å². The summed E-state index contributed by atoms with van der Waals surface area (Å²) < 4.78 is 45.6. The van der Waals surface area contributed by atoms with Gasteiger partial charge in [-0.2, -0.15) is 13.2 Å². The van der Waals surface area contributed by atoms with Gasteiger partial charge in [-0.25, -0.2) is 0 Å². The zero-order chi connectivity index (χ0) is 22.1. The smallest absolute Gasteiger partial charge is 0.418 e. The molecule has 2 aromatic rings. The van der Waals surface area contributed by atoms with Crippen LogP contribution >= 0.6 is 0 Å². The second-order valence-electron chi connectivity index (χ2n) is 7.22. The zero-order valence-corrected chi connectivity index (χ0v) is 16.8. The molecule has 2 aromatic carbocycles. The van der Waals surface area contributed by atoms with Gasteiger partial charge in [0.15, 0.2) is 0 Å². The van der Waals surface area contributed by atoms with Gasteiger partial charge in [0.1, 0.15) is 5.75 Å². The minimum absolute atomic E-state index is 0.0783. The van der Waals surface area contributed by atoms with Crippen molar-refractivity contribution >= 4 is 28.9 Å². The lowest BCUT2D eigenvalue weighted by molar-refractivity contribution is -0.137. The lowest BCUT2D eigenvalue weighted by atomic mass is 10.1. The van der Waals surface area contributed by atoms with Crippen molar-refractivity contribution in [1.82, 2.24) is 0 Å². The molecular formula is C21H22F3N3O3. The zero-order valence-electron chi connectivity index (χ0n) is 16.8. The number of nitrogens with zero attached hydrogens (tertiary/aromatic N) is 2. The highest BCUT2D eigenvalue weighted by Crippen LogP contribution is 2.37. The molecule has 1 atom stereocenters. The van der Waals surface area contributed by atoms with E-state index in [4.69, 9.17) is 4.74 Å². The van der Waals surface area contributed by atoms with Crippen molar-refractivity contribution in [1.29, 1.82) is 0 Å². The standard InChI is InChI=1S/C21H22F3N3O3/c1-26(2)14-7-8-18(17(11-14)21(22,23)24)25-20(29)13-9-19(28)27(12-13)15-5-4-6-16(10-15)30-3/h4-8,10-11,13H,9,12H2,1-3H3,(H,25,29). The van der Waals surface area contributed by atoms with Gasteiger partial charge in [0.2, 0.25) is 11.8 Å². The second kappa shape index (κ2) is 8.25. The third-order valence-electron chi connectivity index (χ3n) is 4.94. The Labute approximate surface area is 172 Å². The SMILES string of the molecule is COc1cccc(N2CC(C(=O)Nc3ccc(N(C)C)cc3C(F)(F)F)CC2=O)c1. The Bertz CT molecular complexity index is 960. The van der Waals surface area contributed by atoms with E-state index in [1.807, 2.05) is 0 Å². The van der Waals surface area contributed by atoms with E-state index in [0.29, 0.717) is 17.1 Å². The fourth-order valence-corrected chi connectivity index (χ4v) is 3.30. The maximum atomic E-state index is 13.5. The number of ether oxygens (including phenoxy) is 1. The van der Waals surface area contributed by atoms with E-state index in [2.05, 4.69) is 5.32 Å². The molecule has 1 aliphatic rings. The molecule has 0 saturated carbocycles. The number of anilines is 3. The first-order valence-electron chi connectivity index (χ1n) is 9.24. The number of rotatable bonds is 5. The highest BCUT2D eigenvalue weighted by molar-refractivity contribution is 6.03. The van der Waals surface area contributed by atoms with Crippen molar-refractivity contribution in [2.45, 2.75) is 12.6 Å². The van der Waals surface area contributed by atoms with Crippen molar-refractivity contribution in [2.75, 3.05) is 42.9 Å². The first-order valence-corrected chi connectivity index (χ1v) is 9.24. The minimum Gasteiger partial charge on any atom is -0.497 e. The summed E-state index contributed by atoms with van der Waals surface area (Å²) in [4.78, 5) is 28.1. The molecule has 160 valence electrons. The van der Waals surface area contributed by atoms with Crippen molar-refractivity contribution < 1.29 is 27.5 Å². The molecule has 3 rings (SSSR count). The molecule has 2 amide bonds.